The van der Waals surface area contributed by atoms with Crippen LogP contribution in [-0.4, -0.2) is 56.0 Å². The average Bonchev–Trinajstić information content (AvgIpc) is 2.69. The first-order valence-electron chi connectivity index (χ1n) is 9.45. The van der Waals surface area contributed by atoms with Crippen molar-refractivity contribution in [2.24, 2.45) is 0 Å². The van der Waals surface area contributed by atoms with Gasteiger partial charge in [0.2, 0.25) is 5.91 Å². The fourth-order valence-corrected chi connectivity index (χ4v) is 3.18. The van der Waals surface area contributed by atoms with Crippen LogP contribution in [0.3, 0.4) is 0 Å². The van der Waals surface area contributed by atoms with E-state index in [1.165, 1.54) is 12.1 Å². The average molecular weight is 386 g/mol. The zero-order valence-corrected chi connectivity index (χ0v) is 15.7. The number of piperazine rings is 1. The van der Waals surface area contributed by atoms with E-state index >= 15 is 0 Å². The van der Waals surface area contributed by atoms with Gasteiger partial charge in [0.05, 0.1) is 39.2 Å². The first kappa shape index (κ1) is 19.8. The molecule has 0 spiro atoms. The minimum Gasteiger partial charge on any atom is -0.493 e. The van der Waals surface area contributed by atoms with Crippen molar-refractivity contribution in [3.05, 3.63) is 60.4 Å². The number of hydrogen-bond acceptors (Lipinski definition) is 3. The van der Waals surface area contributed by atoms with Crippen molar-refractivity contribution in [3.8, 4) is 5.75 Å². The second-order valence-corrected chi connectivity index (χ2v) is 6.78. The third-order valence-electron chi connectivity index (χ3n) is 4.67. The van der Waals surface area contributed by atoms with Crippen LogP contribution in [0.2, 0.25) is 0 Å². The molecule has 148 valence electrons. The number of ether oxygens (including phenoxy) is 1. The molecule has 1 heterocycles. The number of carbonyl (C=O) groups excluding carboxylic acids is 2. The minimum atomic E-state index is -0.381. The molecule has 2 aromatic carbocycles. The van der Waals surface area contributed by atoms with Gasteiger partial charge >= 0.3 is 0 Å². The molecular weight excluding hydrogens is 361 g/mol. The lowest BCUT2D eigenvalue weighted by Crippen LogP contribution is -3.15. The summed E-state index contributed by atoms with van der Waals surface area (Å²) in [4.78, 5) is 27.4. The van der Waals surface area contributed by atoms with E-state index in [-0.39, 0.29) is 17.6 Å². The summed E-state index contributed by atoms with van der Waals surface area (Å²) in [7, 11) is 0. The maximum absolute atomic E-state index is 13.2. The van der Waals surface area contributed by atoms with Crippen molar-refractivity contribution < 1.29 is 23.6 Å². The Labute approximate surface area is 163 Å². The number of para-hydroxylation sites is 1. The van der Waals surface area contributed by atoms with Crippen molar-refractivity contribution in [1.82, 2.24) is 4.90 Å². The van der Waals surface area contributed by atoms with E-state index < -0.39 is 0 Å². The molecule has 0 radical (unpaired) electrons. The molecule has 2 N–H and O–H groups in total. The number of hydrogen-bond donors (Lipinski definition) is 2. The number of halogens is 1. The van der Waals surface area contributed by atoms with Gasteiger partial charge in [-0.15, -0.1) is 0 Å². The third kappa shape index (κ3) is 6.06. The van der Waals surface area contributed by atoms with Crippen LogP contribution in [0.4, 0.5) is 10.1 Å². The van der Waals surface area contributed by atoms with Gasteiger partial charge in [-0.05, 0) is 30.3 Å². The monoisotopic (exact) mass is 386 g/mol. The molecule has 2 aromatic rings. The number of anilines is 1. The molecule has 7 heteroatoms. The highest BCUT2D eigenvalue weighted by atomic mass is 19.1. The maximum Gasteiger partial charge on any atom is 0.279 e. The Hall–Kier alpha value is -2.93. The van der Waals surface area contributed by atoms with Crippen LogP contribution < -0.4 is 15.0 Å². The molecule has 0 aromatic heterocycles. The van der Waals surface area contributed by atoms with Crippen LogP contribution in [0.1, 0.15) is 6.42 Å². The van der Waals surface area contributed by atoms with E-state index in [2.05, 4.69) is 5.32 Å². The zero-order chi connectivity index (χ0) is 19.8. The largest absolute Gasteiger partial charge is 0.493 e. The summed E-state index contributed by atoms with van der Waals surface area (Å²) in [5.74, 6) is 0.290. The third-order valence-corrected chi connectivity index (χ3v) is 4.67. The Kier molecular flexibility index (Phi) is 6.97. The molecule has 1 aliphatic heterocycles. The van der Waals surface area contributed by atoms with E-state index in [9.17, 15) is 14.0 Å². The Morgan fingerprint density at radius 2 is 1.82 bits per heavy atom. The molecule has 28 heavy (non-hydrogen) atoms. The molecule has 0 bridgehead atoms. The van der Waals surface area contributed by atoms with Gasteiger partial charge in [0.15, 0.2) is 6.54 Å². The normalized spacial score (nSPS) is 14.5. The van der Waals surface area contributed by atoms with Crippen molar-refractivity contribution in [1.29, 1.82) is 0 Å². The number of nitrogens with one attached hydrogen (secondary N) is 2. The number of quaternary nitrogens is 1. The molecule has 1 fully saturated rings. The summed E-state index contributed by atoms with van der Waals surface area (Å²) in [6.07, 6.45) is 0.338. The number of amides is 2. The number of benzene rings is 2. The van der Waals surface area contributed by atoms with E-state index in [0.29, 0.717) is 51.4 Å². The minimum absolute atomic E-state index is 0.0687. The summed E-state index contributed by atoms with van der Waals surface area (Å²) in [6, 6.07) is 15.3. The van der Waals surface area contributed by atoms with Gasteiger partial charge in [-0.1, -0.05) is 24.3 Å². The second kappa shape index (κ2) is 9.85. The van der Waals surface area contributed by atoms with E-state index in [1.54, 1.807) is 12.1 Å². The molecule has 3 rings (SSSR count). The van der Waals surface area contributed by atoms with Crippen molar-refractivity contribution in [3.63, 3.8) is 0 Å². The highest BCUT2D eigenvalue weighted by molar-refractivity contribution is 5.91. The summed E-state index contributed by atoms with van der Waals surface area (Å²) in [5, 5.41) is 2.71. The summed E-state index contributed by atoms with van der Waals surface area (Å²) in [6.45, 7) is 3.31. The molecule has 1 aliphatic rings. The lowest BCUT2D eigenvalue weighted by Gasteiger charge is -2.32. The van der Waals surface area contributed by atoms with E-state index in [4.69, 9.17) is 4.74 Å². The maximum atomic E-state index is 13.2. The predicted molar refractivity (Wildman–Crippen MR) is 104 cm³/mol. The van der Waals surface area contributed by atoms with Gasteiger partial charge in [-0.3, -0.25) is 9.59 Å². The van der Waals surface area contributed by atoms with Crippen molar-refractivity contribution in [2.45, 2.75) is 6.42 Å². The molecule has 0 atom stereocenters. The first-order chi connectivity index (χ1) is 13.6. The summed E-state index contributed by atoms with van der Waals surface area (Å²) >= 11 is 0. The number of nitrogens with zero attached hydrogens (tertiary/aromatic N) is 1. The van der Waals surface area contributed by atoms with Gasteiger partial charge < -0.3 is 19.9 Å². The summed E-state index contributed by atoms with van der Waals surface area (Å²) < 4.78 is 18.8. The quantitative estimate of drug-likeness (QED) is 0.745. The smallest absolute Gasteiger partial charge is 0.279 e. The Balaban J connectivity index is 1.35. The number of rotatable bonds is 7. The van der Waals surface area contributed by atoms with Gasteiger partial charge in [-0.25, -0.2) is 4.39 Å². The molecular formula is C21H25FN3O3+. The molecule has 6 nitrogen and oxygen atoms in total. The van der Waals surface area contributed by atoms with Gasteiger partial charge in [0, 0.05) is 5.69 Å². The van der Waals surface area contributed by atoms with Crippen LogP contribution in [0, 0.1) is 5.82 Å². The highest BCUT2D eigenvalue weighted by Crippen LogP contribution is 2.09. The molecule has 1 saturated heterocycles. The molecule has 0 aliphatic carbocycles. The fourth-order valence-electron chi connectivity index (χ4n) is 3.18. The van der Waals surface area contributed by atoms with Gasteiger partial charge in [0.25, 0.3) is 5.91 Å². The first-order valence-corrected chi connectivity index (χ1v) is 9.45. The van der Waals surface area contributed by atoms with Gasteiger partial charge in [0.1, 0.15) is 11.6 Å². The second-order valence-electron chi connectivity index (χ2n) is 6.78. The molecule has 0 saturated carbocycles. The van der Waals surface area contributed by atoms with Crippen LogP contribution >= 0.6 is 0 Å². The topological polar surface area (TPSA) is 63.1 Å². The molecule has 2 amide bonds. The standard InChI is InChI=1S/C21H24FN3O3/c22-17-5-4-6-18(15-17)23-20(26)16-24-10-12-25(13-11-24)21(27)9-14-28-19-7-2-1-3-8-19/h1-8,15H,9-14,16H2,(H,23,26)/p+1. The fraction of sp³-hybridized carbons (Fsp3) is 0.333. The van der Waals surface area contributed by atoms with Gasteiger partial charge in [-0.2, -0.15) is 0 Å². The Bertz CT molecular complexity index is 792. The number of carbonyl (C=O) groups is 2. The predicted octanol–water partition coefficient (Wildman–Crippen LogP) is 0.960. The van der Waals surface area contributed by atoms with Crippen molar-refractivity contribution >= 4 is 17.5 Å². The van der Waals surface area contributed by atoms with E-state index in [1.807, 2.05) is 35.2 Å². The zero-order valence-electron chi connectivity index (χ0n) is 15.7. The lowest BCUT2D eigenvalue weighted by molar-refractivity contribution is -0.895. The van der Waals surface area contributed by atoms with Crippen molar-refractivity contribution in [2.75, 3.05) is 44.6 Å². The Morgan fingerprint density at radius 3 is 2.54 bits per heavy atom. The van der Waals surface area contributed by atoms with Crippen LogP contribution in [0.5, 0.6) is 5.75 Å². The van der Waals surface area contributed by atoms with Crippen LogP contribution in [0.15, 0.2) is 54.6 Å². The summed E-state index contributed by atoms with van der Waals surface area (Å²) in [5.41, 5.74) is 0.455. The lowest BCUT2D eigenvalue weighted by atomic mass is 10.2. The Morgan fingerprint density at radius 1 is 1.07 bits per heavy atom. The SMILES string of the molecule is O=C(C[NH+]1CCN(C(=O)CCOc2ccccc2)CC1)Nc1cccc(F)c1. The molecule has 0 unspecified atom stereocenters. The van der Waals surface area contributed by atoms with Crippen LogP contribution in [0.25, 0.3) is 0 Å². The highest BCUT2D eigenvalue weighted by Gasteiger charge is 2.25. The van der Waals surface area contributed by atoms with E-state index in [0.717, 1.165) is 10.6 Å². The van der Waals surface area contributed by atoms with Crippen LogP contribution in [-0.2, 0) is 9.59 Å².